The van der Waals surface area contributed by atoms with Gasteiger partial charge in [-0.3, -0.25) is 0 Å². The Labute approximate surface area is 193 Å². The quantitative estimate of drug-likeness (QED) is 0.290. The second-order valence-electron chi connectivity index (χ2n) is 8.74. The summed E-state index contributed by atoms with van der Waals surface area (Å²) in [6, 6.07) is 5.10. The van der Waals surface area contributed by atoms with Gasteiger partial charge in [-0.15, -0.1) is 0 Å². The molecule has 2 N–H and O–H groups in total. The van der Waals surface area contributed by atoms with Crippen molar-refractivity contribution >= 4 is 41.1 Å². The van der Waals surface area contributed by atoms with Crippen molar-refractivity contribution in [1.29, 1.82) is 0 Å². The normalized spacial score (nSPS) is 12.8. The van der Waals surface area contributed by atoms with Gasteiger partial charge in [-0.25, -0.2) is 23.2 Å². The first-order valence-electron chi connectivity index (χ1n) is 10.1. The van der Waals surface area contributed by atoms with E-state index in [0.717, 1.165) is 17.6 Å². The second-order valence-corrected chi connectivity index (χ2v) is 15.2. The number of halogens is 3. The van der Waals surface area contributed by atoms with E-state index in [1.165, 1.54) is 12.1 Å². The molecule has 1 amide bonds. The van der Waals surface area contributed by atoms with Crippen molar-refractivity contribution in [3.05, 3.63) is 57.8 Å². The highest BCUT2D eigenvalue weighted by molar-refractivity contribution is 9.10. The molecule has 32 heavy (non-hydrogen) atoms. The predicted octanol–water partition coefficient (Wildman–Crippen LogP) is 5.34. The van der Waals surface area contributed by atoms with E-state index in [9.17, 15) is 18.7 Å². The van der Waals surface area contributed by atoms with Gasteiger partial charge in [0.25, 0.3) is 0 Å². The molecule has 172 valence electrons. The number of benzene rings is 1. The summed E-state index contributed by atoms with van der Waals surface area (Å²) in [7, 11) is -1.19. The molecule has 0 radical (unpaired) electrons. The summed E-state index contributed by atoms with van der Waals surface area (Å²) in [4.78, 5) is 15.9. The summed E-state index contributed by atoms with van der Waals surface area (Å²) in [5, 5.41) is 16.0. The largest absolute Gasteiger partial charge is 0.465 e. The third kappa shape index (κ3) is 6.56. The first kappa shape index (κ1) is 24.3. The number of fused-ring (bicyclic) bond motifs is 1. The molecule has 0 saturated carbocycles. The molecular formula is C21H25BrF2N4O3Si. The zero-order valence-corrected chi connectivity index (χ0v) is 20.6. The smallest absolute Gasteiger partial charge is 0.405 e. The Morgan fingerprint density at radius 2 is 1.94 bits per heavy atom. The standard InChI is InChI=1S/C21H25BrF2N4O3Si/c1-32(2,3)5-4-31-12-28-19-10-16(22)20(26-18(19)11-25-28)17(27-21(29)30)8-13-6-14(23)9-15(24)7-13/h6-7,9-11,17,27H,4-5,8,12H2,1-3H3,(H,29,30)/t17-/m1/s1. The minimum absolute atomic E-state index is 0.0199. The Morgan fingerprint density at radius 1 is 1.25 bits per heavy atom. The number of carboxylic acid groups (broad SMARTS) is 1. The number of aromatic nitrogens is 3. The highest BCUT2D eigenvalue weighted by Crippen LogP contribution is 2.29. The Balaban J connectivity index is 1.85. The number of nitrogens with zero attached hydrogens (tertiary/aromatic N) is 3. The number of nitrogens with one attached hydrogen (secondary N) is 1. The number of amides is 1. The van der Waals surface area contributed by atoms with Crippen molar-refractivity contribution in [2.75, 3.05) is 6.61 Å². The summed E-state index contributed by atoms with van der Waals surface area (Å²) in [6.45, 7) is 7.77. The molecule has 0 spiro atoms. The Morgan fingerprint density at radius 3 is 2.56 bits per heavy atom. The fourth-order valence-electron chi connectivity index (χ4n) is 3.20. The van der Waals surface area contributed by atoms with Crippen LogP contribution in [0.3, 0.4) is 0 Å². The first-order valence-corrected chi connectivity index (χ1v) is 14.6. The van der Waals surface area contributed by atoms with Crippen LogP contribution in [0.2, 0.25) is 25.7 Å². The molecule has 3 rings (SSSR count). The van der Waals surface area contributed by atoms with E-state index >= 15 is 0 Å². The Kier molecular flexibility index (Phi) is 7.62. The van der Waals surface area contributed by atoms with Crippen LogP contribution in [-0.4, -0.2) is 40.6 Å². The molecule has 0 saturated heterocycles. The molecule has 1 atom stereocenters. The highest BCUT2D eigenvalue weighted by Gasteiger charge is 2.22. The van der Waals surface area contributed by atoms with Gasteiger partial charge in [0.15, 0.2) is 0 Å². The maximum atomic E-state index is 13.6. The van der Waals surface area contributed by atoms with Crippen LogP contribution in [0.5, 0.6) is 0 Å². The lowest BCUT2D eigenvalue weighted by molar-refractivity contribution is 0.0817. The summed E-state index contributed by atoms with van der Waals surface area (Å²) >= 11 is 3.46. The molecule has 2 heterocycles. The number of ether oxygens (including phenoxy) is 1. The Bertz CT molecular complexity index is 1100. The molecule has 3 aromatic rings. The molecule has 0 bridgehead atoms. The van der Waals surface area contributed by atoms with Crippen LogP contribution in [0.1, 0.15) is 17.3 Å². The van der Waals surface area contributed by atoms with Crippen molar-refractivity contribution < 1.29 is 23.4 Å². The van der Waals surface area contributed by atoms with Crippen molar-refractivity contribution in [2.24, 2.45) is 0 Å². The van der Waals surface area contributed by atoms with Gasteiger partial charge < -0.3 is 15.2 Å². The van der Waals surface area contributed by atoms with Crippen LogP contribution < -0.4 is 5.32 Å². The van der Waals surface area contributed by atoms with Gasteiger partial charge >= 0.3 is 6.09 Å². The van der Waals surface area contributed by atoms with Crippen LogP contribution >= 0.6 is 15.9 Å². The van der Waals surface area contributed by atoms with E-state index in [1.807, 2.05) is 0 Å². The lowest BCUT2D eigenvalue weighted by Gasteiger charge is -2.18. The van der Waals surface area contributed by atoms with Crippen LogP contribution in [-0.2, 0) is 17.9 Å². The van der Waals surface area contributed by atoms with Gasteiger partial charge in [0, 0.05) is 25.2 Å². The molecule has 0 unspecified atom stereocenters. The second kappa shape index (κ2) is 10.0. The average Bonchev–Trinajstić information content (AvgIpc) is 3.04. The van der Waals surface area contributed by atoms with Gasteiger partial charge in [-0.2, -0.15) is 5.10 Å². The summed E-state index contributed by atoms with van der Waals surface area (Å²) < 4.78 is 35.2. The van der Waals surface area contributed by atoms with E-state index in [-0.39, 0.29) is 13.2 Å². The number of hydrogen-bond donors (Lipinski definition) is 2. The van der Waals surface area contributed by atoms with Crippen molar-refractivity contribution in [3.8, 4) is 0 Å². The minimum Gasteiger partial charge on any atom is -0.465 e. The first-order chi connectivity index (χ1) is 15.0. The SMILES string of the molecule is C[Si](C)(C)CCOCn1ncc2nc([C@@H](Cc3cc(F)cc(F)c3)NC(=O)O)c(Br)cc21. The lowest BCUT2D eigenvalue weighted by atomic mass is 10.0. The maximum Gasteiger partial charge on any atom is 0.405 e. The molecule has 0 aliphatic rings. The molecule has 11 heteroatoms. The fraction of sp³-hybridized carbons (Fsp3) is 0.381. The van der Waals surface area contributed by atoms with Crippen molar-refractivity contribution in [1.82, 2.24) is 20.1 Å². The van der Waals surface area contributed by atoms with E-state index in [4.69, 9.17) is 4.74 Å². The van der Waals surface area contributed by atoms with E-state index in [1.54, 1.807) is 16.9 Å². The van der Waals surface area contributed by atoms with Gasteiger partial charge in [0.1, 0.15) is 23.9 Å². The van der Waals surface area contributed by atoms with E-state index in [0.29, 0.717) is 27.9 Å². The molecule has 1 aromatic carbocycles. The van der Waals surface area contributed by atoms with Gasteiger partial charge in [-0.1, -0.05) is 19.6 Å². The van der Waals surface area contributed by atoms with Crippen molar-refractivity contribution in [2.45, 2.75) is 44.9 Å². The van der Waals surface area contributed by atoms with E-state index in [2.05, 4.69) is 51.0 Å². The van der Waals surface area contributed by atoms with Gasteiger partial charge in [-0.05, 0) is 52.2 Å². The monoisotopic (exact) mass is 526 g/mol. The van der Waals surface area contributed by atoms with Gasteiger partial charge in [0.05, 0.1) is 23.4 Å². The zero-order chi connectivity index (χ0) is 23.5. The van der Waals surface area contributed by atoms with Crippen LogP contribution in [0.4, 0.5) is 13.6 Å². The third-order valence-electron chi connectivity index (χ3n) is 4.81. The molecule has 0 fully saturated rings. The van der Waals surface area contributed by atoms with Crippen LogP contribution in [0, 0.1) is 11.6 Å². The predicted molar refractivity (Wildman–Crippen MR) is 123 cm³/mol. The lowest BCUT2D eigenvalue weighted by Crippen LogP contribution is -2.29. The summed E-state index contributed by atoms with van der Waals surface area (Å²) in [5.41, 5.74) is 1.98. The molecule has 0 aliphatic heterocycles. The van der Waals surface area contributed by atoms with Crippen LogP contribution in [0.15, 0.2) is 34.9 Å². The number of rotatable bonds is 9. The topological polar surface area (TPSA) is 89.3 Å². The summed E-state index contributed by atoms with van der Waals surface area (Å²) in [5.74, 6) is -1.46. The third-order valence-corrected chi connectivity index (χ3v) is 7.15. The Hall–Kier alpha value is -2.37. The van der Waals surface area contributed by atoms with Crippen molar-refractivity contribution in [3.63, 3.8) is 0 Å². The molecule has 2 aromatic heterocycles. The fourth-order valence-corrected chi connectivity index (χ4v) is 4.54. The van der Waals surface area contributed by atoms with Crippen LogP contribution in [0.25, 0.3) is 11.0 Å². The van der Waals surface area contributed by atoms with E-state index < -0.39 is 31.8 Å². The molecular weight excluding hydrogens is 502 g/mol. The molecule has 7 nitrogen and oxygen atoms in total. The highest BCUT2D eigenvalue weighted by atomic mass is 79.9. The maximum absolute atomic E-state index is 13.6. The average molecular weight is 527 g/mol. The number of pyridine rings is 1. The van der Waals surface area contributed by atoms with Gasteiger partial charge in [0.2, 0.25) is 0 Å². The zero-order valence-electron chi connectivity index (χ0n) is 18.0. The molecule has 0 aliphatic carbocycles. The number of hydrogen-bond acceptors (Lipinski definition) is 4. The summed E-state index contributed by atoms with van der Waals surface area (Å²) in [6.07, 6.45) is 0.325. The number of carbonyl (C=O) groups is 1. The minimum atomic E-state index is -1.27.